The second kappa shape index (κ2) is 7.35. The number of aliphatic hydroxyl groups excluding tert-OH is 1. The molecule has 3 N–H and O–H groups in total. The zero-order valence-corrected chi connectivity index (χ0v) is 13.4. The highest BCUT2D eigenvalue weighted by Crippen LogP contribution is 2.39. The summed E-state index contributed by atoms with van der Waals surface area (Å²) in [5, 5.41) is 11.5. The van der Waals surface area contributed by atoms with Crippen LogP contribution in [-0.2, 0) is 0 Å². The van der Waals surface area contributed by atoms with Crippen LogP contribution in [0.25, 0.3) is 0 Å². The highest BCUT2D eigenvalue weighted by Gasteiger charge is 2.31. The molecule has 1 aliphatic carbocycles. The van der Waals surface area contributed by atoms with Crippen LogP contribution in [-0.4, -0.2) is 11.2 Å². The van der Waals surface area contributed by atoms with Crippen LogP contribution >= 0.6 is 47.2 Å². The van der Waals surface area contributed by atoms with Crippen LogP contribution in [0.1, 0.15) is 37.3 Å². The molecule has 19 heavy (non-hydrogen) atoms. The van der Waals surface area contributed by atoms with E-state index in [1.54, 1.807) is 12.1 Å². The molecular formula is C13H17Cl4NO. The highest BCUT2D eigenvalue weighted by molar-refractivity contribution is 6.44. The summed E-state index contributed by atoms with van der Waals surface area (Å²) in [5.74, 6) is 0.228. The summed E-state index contributed by atoms with van der Waals surface area (Å²) >= 11 is 18.2. The molecule has 6 heteroatoms. The van der Waals surface area contributed by atoms with E-state index in [0.717, 1.165) is 25.7 Å². The lowest BCUT2D eigenvalue weighted by molar-refractivity contribution is 0.0845. The van der Waals surface area contributed by atoms with Gasteiger partial charge in [0.05, 0.1) is 22.2 Å². The Balaban J connectivity index is 0.00000180. The molecule has 1 saturated carbocycles. The SMILES string of the molecule is Cl.N[C@H](c1c(Cl)ccc(Cl)c1Cl)[C@@H](O)C1CCCC1. The average molecular weight is 345 g/mol. The van der Waals surface area contributed by atoms with Crippen molar-refractivity contribution in [2.45, 2.75) is 37.8 Å². The number of hydrogen-bond acceptors (Lipinski definition) is 2. The molecule has 0 unspecified atom stereocenters. The lowest BCUT2D eigenvalue weighted by atomic mass is 9.91. The molecule has 1 aromatic rings. The number of benzene rings is 1. The summed E-state index contributed by atoms with van der Waals surface area (Å²) < 4.78 is 0. The van der Waals surface area contributed by atoms with E-state index in [4.69, 9.17) is 40.5 Å². The van der Waals surface area contributed by atoms with Crippen molar-refractivity contribution < 1.29 is 5.11 Å². The lowest BCUT2D eigenvalue weighted by Gasteiger charge is -2.26. The van der Waals surface area contributed by atoms with Crippen LogP contribution in [0.2, 0.25) is 15.1 Å². The standard InChI is InChI=1S/C13H16Cl3NO.ClH/c14-8-5-6-9(15)11(16)10(8)12(17)13(18)7-3-1-2-4-7;/h5-7,12-13,18H,1-4,17H2;1H/t12-,13+;/m1./s1. The normalized spacial score (nSPS) is 19.0. The molecule has 0 saturated heterocycles. The third kappa shape index (κ3) is 3.69. The molecule has 2 atom stereocenters. The molecule has 1 aliphatic rings. The second-order valence-corrected chi connectivity index (χ2v) is 6.01. The molecule has 0 radical (unpaired) electrons. The maximum atomic E-state index is 10.3. The number of halogens is 4. The predicted molar refractivity (Wildman–Crippen MR) is 83.6 cm³/mol. The Morgan fingerprint density at radius 3 is 2.21 bits per heavy atom. The Kier molecular flexibility index (Phi) is 6.71. The largest absolute Gasteiger partial charge is 0.391 e. The topological polar surface area (TPSA) is 46.2 Å². The van der Waals surface area contributed by atoms with Gasteiger partial charge >= 0.3 is 0 Å². The second-order valence-electron chi connectivity index (χ2n) is 4.82. The summed E-state index contributed by atoms with van der Waals surface area (Å²) in [6.07, 6.45) is 3.67. The molecule has 1 aromatic carbocycles. The first-order valence-electron chi connectivity index (χ1n) is 6.09. The van der Waals surface area contributed by atoms with Gasteiger partial charge in [-0.25, -0.2) is 0 Å². The van der Waals surface area contributed by atoms with Crippen molar-refractivity contribution in [3.8, 4) is 0 Å². The molecule has 0 aromatic heterocycles. The van der Waals surface area contributed by atoms with Crippen LogP contribution in [0.3, 0.4) is 0 Å². The van der Waals surface area contributed by atoms with E-state index in [9.17, 15) is 5.11 Å². The van der Waals surface area contributed by atoms with Gasteiger partial charge in [-0.3, -0.25) is 0 Å². The van der Waals surface area contributed by atoms with Crippen molar-refractivity contribution in [2.24, 2.45) is 11.7 Å². The zero-order chi connectivity index (χ0) is 13.3. The van der Waals surface area contributed by atoms with Gasteiger partial charge in [0.2, 0.25) is 0 Å². The minimum absolute atomic E-state index is 0. The Morgan fingerprint density at radius 1 is 1.11 bits per heavy atom. The smallest absolute Gasteiger partial charge is 0.0761 e. The first kappa shape index (κ1) is 17.4. The van der Waals surface area contributed by atoms with Gasteiger partial charge in [-0.1, -0.05) is 47.6 Å². The van der Waals surface area contributed by atoms with E-state index in [-0.39, 0.29) is 18.3 Å². The number of hydrogen-bond donors (Lipinski definition) is 2. The molecule has 108 valence electrons. The van der Waals surface area contributed by atoms with Crippen molar-refractivity contribution in [1.82, 2.24) is 0 Å². The van der Waals surface area contributed by atoms with Crippen molar-refractivity contribution in [3.63, 3.8) is 0 Å². The van der Waals surface area contributed by atoms with E-state index in [1.165, 1.54) is 0 Å². The maximum Gasteiger partial charge on any atom is 0.0761 e. The van der Waals surface area contributed by atoms with Gasteiger partial charge < -0.3 is 10.8 Å². The fraction of sp³-hybridized carbons (Fsp3) is 0.538. The minimum Gasteiger partial charge on any atom is -0.391 e. The van der Waals surface area contributed by atoms with Gasteiger partial charge in [0.25, 0.3) is 0 Å². The van der Waals surface area contributed by atoms with Gasteiger partial charge in [0.15, 0.2) is 0 Å². The average Bonchev–Trinajstić information content (AvgIpc) is 2.87. The van der Waals surface area contributed by atoms with Crippen LogP contribution in [0, 0.1) is 5.92 Å². The van der Waals surface area contributed by atoms with Crippen LogP contribution in [0.15, 0.2) is 12.1 Å². The molecule has 0 bridgehead atoms. The van der Waals surface area contributed by atoms with E-state index >= 15 is 0 Å². The highest BCUT2D eigenvalue weighted by atomic mass is 35.5. The Hall–Kier alpha value is 0.300. The molecule has 2 rings (SSSR count). The third-order valence-electron chi connectivity index (χ3n) is 3.66. The van der Waals surface area contributed by atoms with Crippen LogP contribution < -0.4 is 5.73 Å². The number of aliphatic hydroxyl groups is 1. The molecule has 0 heterocycles. The van der Waals surface area contributed by atoms with Gasteiger partial charge in [0, 0.05) is 10.6 Å². The quantitative estimate of drug-likeness (QED) is 0.786. The first-order chi connectivity index (χ1) is 8.52. The zero-order valence-electron chi connectivity index (χ0n) is 10.3. The molecule has 0 spiro atoms. The fourth-order valence-corrected chi connectivity index (χ4v) is 3.40. The molecule has 0 aliphatic heterocycles. The van der Waals surface area contributed by atoms with Gasteiger partial charge in [-0.15, -0.1) is 12.4 Å². The maximum absolute atomic E-state index is 10.3. The number of rotatable bonds is 3. The van der Waals surface area contributed by atoms with Crippen molar-refractivity contribution in [2.75, 3.05) is 0 Å². The minimum atomic E-state index is -0.624. The van der Waals surface area contributed by atoms with Gasteiger partial charge in [-0.05, 0) is 30.9 Å². The molecule has 2 nitrogen and oxygen atoms in total. The Bertz CT molecular complexity index is 435. The lowest BCUT2D eigenvalue weighted by Crippen LogP contribution is -2.32. The van der Waals surface area contributed by atoms with E-state index in [1.807, 2.05) is 0 Å². The van der Waals surface area contributed by atoms with E-state index in [2.05, 4.69) is 0 Å². The van der Waals surface area contributed by atoms with Crippen molar-refractivity contribution in [3.05, 3.63) is 32.8 Å². The van der Waals surface area contributed by atoms with Crippen molar-refractivity contribution >= 4 is 47.2 Å². The third-order valence-corrected chi connectivity index (χ3v) is 4.81. The van der Waals surface area contributed by atoms with Gasteiger partial charge in [-0.2, -0.15) is 0 Å². The molecule has 1 fully saturated rings. The molecule has 0 amide bonds. The summed E-state index contributed by atoms with van der Waals surface area (Å²) in [4.78, 5) is 0. The van der Waals surface area contributed by atoms with Crippen molar-refractivity contribution in [1.29, 1.82) is 0 Å². The summed E-state index contributed by atoms with van der Waals surface area (Å²) in [5.41, 5.74) is 6.66. The van der Waals surface area contributed by atoms with Crippen LogP contribution in [0.4, 0.5) is 0 Å². The fourth-order valence-electron chi connectivity index (χ4n) is 2.61. The van der Waals surface area contributed by atoms with Gasteiger partial charge in [0.1, 0.15) is 0 Å². The van der Waals surface area contributed by atoms with E-state index in [0.29, 0.717) is 20.6 Å². The number of nitrogens with two attached hydrogens (primary N) is 1. The summed E-state index contributed by atoms with van der Waals surface area (Å²) in [6, 6.07) is 2.70. The predicted octanol–water partition coefficient (Wildman–Crippen LogP) is 4.62. The first-order valence-corrected chi connectivity index (χ1v) is 7.22. The Labute approximate surface area is 134 Å². The summed E-state index contributed by atoms with van der Waals surface area (Å²) in [6.45, 7) is 0. The summed E-state index contributed by atoms with van der Waals surface area (Å²) in [7, 11) is 0. The molecular weight excluding hydrogens is 328 g/mol. The van der Waals surface area contributed by atoms with E-state index < -0.39 is 12.1 Å². The Morgan fingerprint density at radius 2 is 1.63 bits per heavy atom. The monoisotopic (exact) mass is 343 g/mol. The van der Waals surface area contributed by atoms with Crippen LogP contribution in [0.5, 0.6) is 0 Å².